The van der Waals surface area contributed by atoms with Crippen molar-refractivity contribution >= 4 is 22.8 Å². The van der Waals surface area contributed by atoms with Gasteiger partial charge in [0.2, 0.25) is 0 Å². The number of benzene rings is 1. The topological polar surface area (TPSA) is 68.3 Å². The molecule has 2 aromatic rings. The minimum atomic E-state index is -0.439. The van der Waals surface area contributed by atoms with Crippen LogP contribution in [0.4, 0.5) is 0 Å². The molecule has 5 heteroatoms. The molecular weight excluding hydrogens is 340 g/mol. The average molecular weight is 368 g/mol. The summed E-state index contributed by atoms with van der Waals surface area (Å²) in [6.45, 7) is 7.93. The van der Waals surface area contributed by atoms with E-state index in [2.05, 4.69) is 12.2 Å². The quantitative estimate of drug-likeness (QED) is 0.818. The van der Waals surface area contributed by atoms with E-state index in [1.165, 1.54) is 0 Å². The summed E-state index contributed by atoms with van der Waals surface area (Å²) in [7, 11) is 0. The van der Waals surface area contributed by atoms with Crippen LogP contribution in [0.15, 0.2) is 24.3 Å². The minimum absolute atomic E-state index is 0.0339. The second-order valence-corrected chi connectivity index (χ2v) is 7.95. The van der Waals surface area contributed by atoms with Crippen LogP contribution < -0.4 is 5.32 Å². The molecule has 1 heterocycles. The Morgan fingerprint density at radius 1 is 1.26 bits per heavy atom. The summed E-state index contributed by atoms with van der Waals surface area (Å²) in [6, 6.07) is 7.67. The van der Waals surface area contributed by atoms with Gasteiger partial charge in [-0.25, -0.2) is 4.79 Å². The number of ether oxygens (including phenoxy) is 1. The number of nitrogens with zero attached hydrogens (tertiary/aromatic N) is 1. The van der Waals surface area contributed by atoms with E-state index in [1.807, 2.05) is 45.0 Å². The van der Waals surface area contributed by atoms with Gasteiger partial charge in [0, 0.05) is 17.1 Å². The summed E-state index contributed by atoms with van der Waals surface area (Å²) in [6.07, 6.45) is 2.75. The molecule has 1 aromatic heterocycles. The van der Waals surface area contributed by atoms with Crippen molar-refractivity contribution in [1.82, 2.24) is 10.3 Å². The molecule has 2 unspecified atom stereocenters. The zero-order valence-corrected chi connectivity index (χ0v) is 16.5. The van der Waals surface area contributed by atoms with E-state index in [0.29, 0.717) is 17.4 Å². The zero-order chi connectivity index (χ0) is 19.6. The maximum atomic E-state index is 12.9. The molecule has 5 nitrogen and oxygen atoms in total. The maximum Gasteiger partial charge on any atom is 0.339 e. The van der Waals surface area contributed by atoms with Gasteiger partial charge < -0.3 is 10.1 Å². The van der Waals surface area contributed by atoms with E-state index in [-0.39, 0.29) is 18.6 Å². The number of fused-ring (bicyclic) bond motifs is 2. The van der Waals surface area contributed by atoms with Gasteiger partial charge in [0.15, 0.2) is 6.61 Å². The molecule has 3 rings (SSSR count). The molecule has 1 amide bonds. The molecule has 0 radical (unpaired) electrons. The molecule has 0 saturated carbocycles. The Morgan fingerprint density at radius 2 is 2.00 bits per heavy atom. The number of carbonyl (C=O) groups excluding carboxylic acids is 2. The summed E-state index contributed by atoms with van der Waals surface area (Å²) in [4.78, 5) is 29.8. The van der Waals surface area contributed by atoms with Crippen molar-refractivity contribution in [1.29, 1.82) is 0 Å². The molecule has 1 aliphatic rings. The van der Waals surface area contributed by atoms with Crippen LogP contribution in [0.1, 0.15) is 55.7 Å². The van der Waals surface area contributed by atoms with Crippen LogP contribution in [-0.2, 0) is 22.4 Å². The highest BCUT2D eigenvalue weighted by Gasteiger charge is 2.26. The number of nitrogens with one attached hydrogen (secondary N) is 1. The lowest BCUT2D eigenvalue weighted by Crippen LogP contribution is -2.38. The highest BCUT2D eigenvalue weighted by atomic mass is 16.5. The highest BCUT2D eigenvalue weighted by molar-refractivity contribution is 6.05. The third-order valence-electron chi connectivity index (χ3n) is 5.43. The number of pyridine rings is 1. The average Bonchev–Trinajstić information content (AvgIpc) is 2.64. The van der Waals surface area contributed by atoms with Crippen molar-refractivity contribution in [2.24, 2.45) is 11.8 Å². The predicted octanol–water partition coefficient (Wildman–Crippen LogP) is 3.68. The van der Waals surface area contributed by atoms with Crippen LogP contribution in [0.5, 0.6) is 0 Å². The highest BCUT2D eigenvalue weighted by Crippen LogP contribution is 2.31. The number of carbonyl (C=O) groups is 2. The normalized spacial score (nSPS) is 17.4. The van der Waals surface area contributed by atoms with Gasteiger partial charge in [-0.2, -0.15) is 0 Å². The van der Waals surface area contributed by atoms with Gasteiger partial charge in [-0.05, 0) is 49.7 Å². The van der Waals surface area contributed by atoms with Gasteiger partial charge in [-0.1, -0.05) is 39.0 Å². The molecule has 2 atom stereocenters. The Balaban J connectivity index is 1.85. The van der Waals surface area contributed by atoms with E-state index < -0.39 is 5.97 Å². The molecule has 0 spiro atoms. The summed E-state index contributed by atoms with van der Waals surface area (Å²) in [5, 5.41) is 3.66. The smallest absolute Gasteiger partial charge is 0.339 e. The number of aromatic nitrogens is 1. The van der Waals surface area contributed by atoms with Gasteiger partial charge in [0.05, 0.1) is 11.1 Å². The molecule has 1 aliphatic carbocycles. The van der Waals surface area contributed by atoms with Crippen LogP contribution in [0.2, 0.25) is 0 Å². The first kappa shape index (κ1) is 19.3. The summed E-state index contributed by atoms with van der Waals surface area (Å²) in [5.41, 5.74) is 3.34. The van der Waals surface area contributed by atoms with Crippen molar-refractivity contribution in [3.05, 3.63) is 41.1 Å². The van der Waals surface area contributed by atoms with Gasteiger partial charge in [-0.3, -0.25) is 9.78 Å². The summed E-state index contributed by atoms with van der Waals surface area (Å²) >= 11 is 0. The Morgan fingerprint density at radius 3 is 2.74 bits per heavy atom. The number of aryl methyl sites for hydroxylation is 1. The Labute approximate surface area is 160 Å². The van der Waals surface area contributed by atoms with Crippen LogP contribution in [0.25, 0.3) is 10.9 Å². The molecule has 1 aromatic carbocycles. The van der Waals surface area contributed by atoms with E-state index in [0.717, 1.165) is 41.4 Å². The second-order valence-electron chi connectivity index (χ2n) is 7.95. The van der Waals surface area contributed by atoms with Crippen molar-refractivity contribution in [2.75, 3.05) is 6.61 Å². The molecule has 0 saturated heterocycles. The fraction of sp³-hybridized carbons (Fsp3) is 0.500. The monoisotopic (exact) mass is 368 g/mol. The third-order valence-corrected chi connectivity index (χ3v) is 5.43. The Hall–Kier alpha value is -2.43. The molecule has 27 heavy (non-hydrogen) atoms. The van der Waals surface area contributed by atoms with Crippen molar-refractivity contribution < 1.29 is 14.3 Å². The lowest BCUT2D eigenvalue weighted by Gasteiger charge is -2.24. The maximum absolute atomic E-state index is 12.9. The van der Waals surface area contributed by atoms with Crippen LogP contribution in [0, 0.1) is 11.8 Å². The number of esters is 1. The molecule has 0 bridgehead atoms. The summed E-state index contributed by atoms with van der Waals surface area (Å²) in [5.74, 6) is 0.112. The molecule has 0 fully saturated rings. The van der Waals surface area contributed by atoms with E-state index >= 15 is 0 Å². The van der Waals surface area contributed by atoms with Crippen molar-refractivity contribution in [3.63, 3.8) is 0 Å². The Bertz CT molecular complexity index is 860. The van der Waals surface area contributed by atoms with E-state index in [1.54, 1.807) is 0 Å². The lowest BCUT2D eigenvalue weighted by molar-refractivity contribution is -0.125. The molecule has 1 N–H and O–H groups in total. The van der Waals surface area contributed by atoms with Gasteiger partial charge in [-0.15, -0.1) is 0 Å². The third kappa shape index (κ3) is 4.29. The minimum Gasteiger partial charge on any atom is -0.452 e. The number of hydrogen-bond acceptors (Lipinski definition) is 4. The second kappa shape index (κ2) is 8.07. The van der Waals surface area contributed by atoms with Crippen molar-refractivity contribution in [2.45, 2.75) is 53.0 Å². The lowest BCUT2D eigenvalue weighted by atomic mass is 9.84. The first-order valence-corrected chi connectivity index (χ1v) is 9.73. The molecule has 0 aliphatic heterocycles. The van der Waals surface area contributed by atoms with Gasteiger partial charge in [0.1, 0.15) is 0 Å². The predicted molar refractivity (Wildman–Crippen MR) is 106 cm³/mol. The van der Waals surface area contributed by atoms with E-state index in [4.69, 9.17) is 9.72 Å². The van der Waals surface area contributed by atoms with Gasteiger partial charge >= 0.3 is 5.97 Å². The van der Waals surface area contributed by atoms with Crippen LogP contribution >= 0.6 is 0 Å². The number of amides is 1. The fourth-order valence-electron chi connectivity index (χ4n) is 3.46. The molecule has 144 valence electrons. The van der Waals surface area contributed by atoms with Crippen LogP contribution in [-0.4, -0.2) is 29.5 Å². The fourth-order valence-corrected chi connectivity index (χ4v) is 3.46. The van der Waals surface area contributed by atoms with Crippen LogP contribution in [0.3, 0.4) is 0 Å². The van der Waals surface area contributed by atoms with E-state index in [9.17, 15) is 9.59 Å². The number of rotatable bonds is 5. The molecular formula is C22H28N2O3. The first-order chi connectivity index (χ1) is 12.9. The zero-order valence-electron chi connectivity index (χ0n) is 16.5. The Kier molecular flexibility index (Phi) is 5.78. The largest absolute Gasteiger partial charge is 0.452 e. The van der Waals surface area contributed by atoms with Gasteiger partial charge in [0.25, 0.3) is 5.91 Å². The standard InChI is InChI=1S/C22H28N2O3/c1-13(2)15(4)23-20(25)12-27-22(26)21-16-7-5-6-8-18(16)24-19-10-9-14(3)11-17(19)21/h5-8,13-15H,9-12H2,1-4H3,(H,23,25). The number of hydrogen-bond donors (Lipinski definition) is 1. The summed E-state index contributed by atoms with van der Waals surface area (Å²) < 4.78 is 5.40. The number of para-hydroxylation sites is 1. The SMILES string of the molecule is CC1CCc2nc3ccccc3c(C(=O)OCC(=O)NC(C)C(C)C)c2C1. The van der Waals surface area contributed by atoms with Crippen molar-refractivity contribution in [3.8, 4) is 0 Å². The first-order valence-electron chi connectivity index (χ1n) is 9.73.